The molecule has 1 heterocycles. The summed E-state index contributed by atoms with van der Waals surface area (Å²) >= 11 is 0. The van der Waals surface area contributed by atoms with E-state index in [1.165, 1.54) is 0 Å². The van der Waals surface area contributed by atoms with Gasteiger partial charge in [0.05, 0.1) is 6.61 Å². The van der Waals surface area contributed by atoms with Gasteiger partial charge in [-0.1, -0.05) is 31.5 Å². The quantitative estimate of drug-likeness (QED) is 0.839. The van der Waals surface area contributed by atoms with Crippen LogP contribution in [0.15, 0.2) is 30.3 Å². The number of nitrogens with one attached hydrogen (secondary N) is 1. The first-order valence-electron chi connectivity index (χ1n) is 6.20. The molecule has 1 aromatic heterocycles. The summed E-state index contributed by atoms with van der Waals surface area (Å²) in [6.45, 7) is 2.53. The third-order valence-corrected chi connectivity index (χ3v) is 2.91. The van der Waals surface area contributed by atoms with Gasteiger partial charge in [0, 0.05) is 18.0 Å². The average Bonchev–Trinajstić information content (AvgIpc) is 2.67. The van der Waals surface area contributed by atoms with Gasteiger partial charge in [-0.2, -0.15) is 0 Å². The molecule has 0 unspecified atom stereocenters. The Kier molecular flexibility index (Phi) is 3.87. The number of nitrogens with zero attached hydrogens (tertiary/aromatic N) is 1. The molecule has 0 aliphatic rings. The number of anilines is 1. The maximum Gasteiger partial charge on any atom is 0.412 e. The van der Waals surface area contributed by atoms with E-state index in [0.29, 0.717) is 6.61 Å². The minimum Gasteiger partial charge on any atom is -0.449 e. The Morgan fingerprint density at radius 1 is 1.39 bits per heavy atom. The fraction of sp³-hybridized carbons (Fsp3) is 0.357. The molecule has 0 aliphatic heterocycles. The van der Waals surface area contributed by atoms with Crippen molar-refractivity contribution in [1.29, 1.82) is 0 Å². The summed E-state index contributed by atoms with van der Waals surface area (Å²) < 4.78 is 7.01. The van der Waals surface area contributed by atoms with Crippen molar-refractivity contribution in [2.45, 2.75) is 19.8 Å². The van der Waals surface area contributed by atoms with Crippen molar-refractivity contribution in [2.24, 2.45) is 7.05 Å². The van der Waals surface area contributed by atoms with Crippen molar-refractivity contribution < 1.29 is 9.53 Å². The number of para-hydroxylation sites is 1. The SMILES string of the molecule is CCCCOC(=O)Nc1cc2ccccc2n1C. The summed E-state index contributed by atoms with van der Waals surface area (Å²) in [6.07, 6.45) is 1.51. The fourth-order valence-electron chi connectivity index (χ4n) is 1.86. The van der Waals surface area contributed by atoms with Crippen LogP contribution in [0.5, 0.6) is 0 Å². The highest BCUT2D eigenvalue weighted by atomic mass is 16.5. The van der Waals surface area contributed by atoms with Gasteiger partial charge in [-0.15, -0.1) is 0 Å². The monoisotopic (exact) mass is 246 g/mol. The van der Waals surface area contributed by atoms with Crippen LogP contribution in [-0.4, -0.2) is 17.3 Å². The highest BCUT2D eigenvalue weighted by molar-refractivity contribution is 5.91. The molecule has 0 spiro atoms. The third-order valence-electron chi connectivity index (χ3n) is 2.91. The average molecular weight is 246 g/mol. The Morgan fingerprint density at radius 3 is 2.89 bits per heavy atom. The van der Waals surface area contributed by atoms with Crippen LogP contribution in [0.4, 0.5) is 10.6 Å². The molecule has 0 saturated carbocycles. The van der Waals surface area contributed by atoms with E-state index in [-0.39, 0.29) is 0 Å². The second-order valence-corrected chi connectivity index (χ2v) is 4.26. The highest BCUT2D eigenvalue weighted by Gasteiger charge is 2.08. The number of unbranched alkanes of at least 4 members (excludes halogenated alkanes) is 1. The van der Waals surface area contributed by atoms with Gasteiger partial charge in [0.15, 0.2) is 0 Å². The standard InChI is InChI=1S/C14H18N2O2/c1-3-4-9-18-14(17)15-13-10-11-7-5-6-8-12(11)16(13)2/h5-8,10H,3-4,9H2,1-2H3,(H,15,17). The molecule has 0 fully saturated rings. The van der Waals surface area contributed by atoms with Crippen LogP contribution in [0, 0.1) is 0 Å². The minimum absolute atomic E-state index is 0.394. The molecule has 4 nitrogen and oxygen atoms in total. The van der Waals surface area contributed by atoms with Crippen LogP contribution >= 0.6 is 0 Å². The van der Waals surface area contributed by atoms with Crippen LogP contribution in [0.1, 0.15) is 19.8 Å². The maximum absolute atomic E-state index is 11.6. The zero-order valence-corrected chi connectivity index (χ0v) is 10.8. The van der Waals surface area contributed by atoms with Gasteiger partial charge in [0.1, 0.15) is 5.82 Å². The topological polar surface area (TPSA) is 43.3 Å². The van der Waals surface area contributed by atoms with E-state index in [2.05, 4.69) is 12.2 Å². The lowest BCUT2D eigenvalue weighted by Crippen LogP contribution is -2.16. The summed E-state index contributed by atoms with van der Waals surface area (Å²) in [5.41, 5.74) is 1.08. The molecular weight excluding hydrogens is 228 g/mol. The Hall–Kier alpha value is -1.97. The smallest absolute Gasteiger partial charge is 0.412 e. The molecule has 4 heteroatoms. The number of rotatable bonds is 4. The maximum atomic E-state index is 11.6. The Labute approximate surface area is 107 Å². The van der Waals surface area contributed by atoms with Gasteiger partial charge in [0.25, 0.3) is 0 Å². The van der Waals surface area contributed by atoms with E-state index in [9.17, 15) is 4.79 Å². The van der Waals surface area contributed by atoms with Crippen molar-refractivity contribution in [3.8, 4) is 0 Å². The molecule has 0 bridgehead atoms. The number of carbonyl (C=O) groups excluding carboxylic acids is 1. The molecule has 18 heavy (non-hydrogen) atoms. The van der Waals surface area contributed by atoms with Crippen LogP contribution in [0.3, 0.4) is 0 Å². The van der Waals surface area contributed by atoms with Crippen LogP contribution in [-0.2, 0) is 11.8 Å². The lowest BCUT2D eigenvalue weighted by Gasteiger charge is -2.07. The number of carbonyl (C=O) groups is 1. The Morgan fingerprint density at radius 2 is 2.17 bits per heavy atom. The predicted molar refractivity (Wildman–Crippen MR) is 72.8 cm³/mol. The molecule has 96 valence electrons. The Bertz CT molecular complexity index is 546. The van der Waals surface area contributed by atoms with Gasteiger partial charge >= 0.3 is 6.09 Å². The van der Waals surface area contributed by atoms with Gasteiger partial charge in [-0.25, -0.2) is 4.79 Å². The van der Waals surface area contributed by atoms with Gasteiger partial charge in [-0.3, -0.25) is 5.32 Å². The fourth-order valence-corrected chi connectivity index (χ4v) is 1.86. The predicted octanol–water partition coefficient (Wildman–Crippen LogP) is 3.53. The third kappa shape index (κ3) is 2.64. The first-order valence-corrected chi connectivity index (χ1v) is 6.20. The first kappa shape index (κ1) is 12.5. The summed E-state index contributed by atoms with van der Waals surface area (Å²) in [5, 5.41) is 3.86. The molecule has 2 rings (SSSR count). The second kappa shape index (κ2) is 5.58. The number of benzene rings is 1. The van der Waals surface area contributed by atoms with Crippen molar-refractivity contribution >= 4 is 22.8 Å². The number of aryl methyl sites for hydroxylation is 1. The number of ether oxygens (including phenoxy) is 1. The van der Waals surface area contributed by atoms with Gasteiger partial charge < -0.3 is 9.30 Å². The van der Waals surface area contributed by atoms with Crippen molar-refractivity contribution in [2.75, 3.05) is 11.9 Å². The summed E-state index contributed by atoms with van der Waals surface area (Å²) in [4.78, 5) is 11.6. The van der Waals surface area contributed by atoms with Crippen molar-refractivity contribution in [3.63, 3.8) is 0 Å². The molecule has 0 aliphatic carbocycles. The van der Waals surface area contributed by atoms with Crippen molar-refractivity contribution in [3.05, 3.63) is 30.3 Å². The van der Waals surface area contributed by atoms with E-state index in [1.54, 1.807) is 0 Å². The number of hydrogen-bond acceptors (Lipinski definition) is 2. The Balaban J connectivity index is 2.07. The van der Waals surface area contributed by atoms with E-state index in [0.717, 1.165) is 29.6 Å². The summed E-state index contributed by atoms with van der Waals surface area (Å²) in [7, 11) is 1.92. The van der Waals surface area contributed by atoms with E-state index >= 15 is 0 Å². The van der Waals surface area contributed by atoms with E-state index in [4.69, 9.17) is 4.74 Å². The summed E-state index contributed by atoms with van der Waals surface area (Å²) in [6, 6.07) is 9.93. The minimum atomic E-state index is -0.394. The van der Waals surface area contributed by atoms with E-state index < -0.39 is 6.09 Å². The van der Waals surface area contributed by atoms with Gasteiger partial charge in [-0.05, 0) is 18.6 Å². The number of amides is 1. The molecule has 0 saturated heterocycles. The van der Waals surface area contributed by atoms with Crippen LogP contribution in [0.2, 0.25) is 0 Å². The number of fused-ring (bicyclic) bond motifs is 1. The normalized spacial score (nSPS) is 10.6. The molecular formula is C14H18N2O2. The molecule has 0 atom stereocenters. The zero-order valence-electron chi connectivity index (χ0n) is 10.8. The lowest BCUT2D eigenvalue weighted by molar-refractivity contribution is 0.159. The molecule has 2 aromatic rings. The molecule has 1 amide bonds. The summed E-state index contributed by atoms with van der Waals surface area (Å²) in [5.74, 6) is 0.748. The second-order valence-electron chi connectivity index (χ2n) is 4.26. The van der Waals surface area contributed by atoms with Crippen LogP contribution in [0.25, 0.3) is 10.9 Å². The van der Waals surface area contributed by atoms with Crippen molar-refractivity contribution in [1.82, 2.24) is 4.57 Å². The lowest BCUT2D eigenvalue weighted by atomic mass is 10.2. The van der Waals surface area contributed by atoms with Crippen LogP contribution < -0.4 is 5.32 Å². The van der Waals surface area contributed by atoms with Gasteiger partial charge in [0.2, 0.25) is 0 Å². The number of aromatic nitrogens is 1. The molecule has 1 N–H and O–H groups in total. The first-order chi connectivity index (χ1) is 8.72. The number of hydrogen-bond donors (Lipinski definition) is 1. The highest BCUT2D eigenvalue weighted by Crippen LogP contribution is 2.21. The molecule has 0 radical (unpaired) electrons. The largest absolute Gasteiger partial charge is 0.449 e. The molecule has 1 aromatic carbocycles. The zero-order chi connectivity index (χ0) is 13.0. The van der Waals surface area contributed by atoms with E-state index in [1.807, 2.05) is 41.9 Å².